The van der Waals surface area contributed by atoms with Gasteiger partial charge in [0, 0.05) is 12.1 Å². The molecule has 0 radical (unpaired) electrons. The Balaban J connectivity index is 1.97. The van der Waals surface area contributed by atoms with Crippen molar-refractivity contribution in [2.45, 2.75) is 51.6 Å². The van der Waals surface area contributed by atoms with E-state index in [1.54, 1.807) is 6.07 Å². The maximum Gasteiger partial charge on any atom is 0.142 e. The summed E-state index contributed by atoms with van der Waals surface area (Å²) in [5.74, 6) is 0.431. The fourth-order valence-electron chi connectivity index (χ4n) is 2.87. The lowest BCUT2D eigenvalue weighted by Gasteiger charge is -2.25. The second-order valence-electron chi connectivity index (χ2n) is 5.40. The van der Waals surface area contributed by atoms with Crippen LogP contribution in [0.15, 0.2) is 18.2 Å². The van der Waals surface area contributed by atoms with Crippen LogP contribution in [0, 0.1) is 11.7 Å². The number of nitrogens with one attached hydrogen (secondary N) is 1. The van der Waals surface area contributed by atoms with Gasteiger partial charge in [0.25, 0.3) is 0 Å². The third kappa shape index (κ3) is 3.24. The number of hydrogen-bond acceptors (Lipinski definition) is 1. The SMILES string of the molecule is CC(N[C@@H](C)C1CCCC1)c1ccc(Cl)c(F)c1. The van der Waals surface area contributed by atoms with E-state index in [1.165, 1.54) is 31.7 Å². The molecule has 1 saturated carbocycles. The molecular formula is C15H21ClFN. The molecule has 0 aliphatic heterocycles. The van der Waals surface area contributed by atoms with Gasteiger partial charge in [0.05, 0.1) is 5.02 Å². The fourth-order valence-corrected chi connectivity index (χ4v) is 2.98. The van der Waals surface area contributed by atoms with Crippen molar-refractivity contribution in [2.24, 2.45) is 5.92 Å². The van der Waals surface area contributed by atoms with Crippen LogP contribution < -0.4 is 5.32 Å². The molecule has 2 rings (SSSR count). The summed E-state index contributed by atoms with van der Waals surface area (Å²) in [6.07, 6.45) is 5.33. The van der Waals surface area contributed by atoms with E-state index in [2.05, 4.69) is 19.2 Å². The lowest BCUT2D eigenvalue weighted by atomic mass is 9.98. The van der Waals surface area contributed by atoms with Gasteiger partial charge in [0.2, 0.25) is 0 Å². The third-order valence-corrected chi connectivity index (χ3v) is 4.37. The Kier molecular flexibility index (Phi) is 4.63. The van der Waals surface area contributed by atoms with Gasteiger partial charge in [-0.05, 0) is 50.3 Å². The van der Waals surface area contributed by atoms with Crippen molar-refractivity contribution in [3.63, 3.8) is 0 Å². The van der Waals surface area contributed by atoms with Crippen LogP contribution in [0.5, 0.6) is 0 Å². The Morgan fingerprint density at radius 3 is 2.56 bits per heavy atom. The van der Waals surface area contributed by atoms with Gasteiger partial charge in [0.15, 0.2) is 0 Å². The average Bonchev–Trinajstić information content (AvgIpc) is 2.86. The highest BCUT2D eigenvalue weighted by Gasteiger charge is 2.22. The Morgan fingerprint density at radius 2 is 1.94 bits per heavy atom. The quantitative estimate of drug-likeness (QED) is 0.835. The van der Waals surface area contributed by atoms with E-state index in [0.717, 1.165) is 11.5 Å². The van der Waals surface area contributed by atoms with Gasteiger partial charge in [0.1, 0.15) is 5.82 Å². The van der Waals surface area contributed by atoms with Crippen molar-refractivity contribution < 1.29 is 4.39 Å². The zero-order valence-corrected chi connectivity index (χ0v) is 11.8. The van der Waals surface area contributed by atoms with Gasteiger partial charge in [-0.3, -0.25) is 0 Å². The van der Waals surface area contributed by atoms with E-state index < -0.39 is 0 Å². The van der Waals surface area contributed by atoms with Crippen molar-refractivity contribution in [2.75, 3.05) is 0 Å². The molecule has 18 heavy (non-hydrogen) atoms. The summed E-state index contributed by atoms with van der Waals surface area (Å²) in [6, 6.07) is 5.70. The zero-order valence-electron chi connectivity index (χ0n) is 11.0. The standard InChI is InChI=1S/C15H21ClFN/c1-10(12-5-3-4-6-12)18-11(2)13-7-8-14(16)15(17)9-13/h7-12,18H,3-6H2,1-2H3/t10-,11?/m0/s1. The highest BCUT2D eigenvalue weighted by Crippen LogP contribution is 2.29. The van der Waals surface area contributed by atoms with Crippen LogP contribution in [0.2, 0.25) is 5.02 Å². The molecule has 1 fully saturated rings. The van der Waals surface area contributed by atoms with Crippen LogP contribution in [0.4, 0.5) is 4.39 Å². The van der Waals surface area contributed by atoms with E-state index in [9.17, 15) is 4.39 Å². The molecule has 0 heterocycles. The average molecular weight is 270 g/mol. The molecule has 0 aromatic heterocycles. The summed E-state index contributed by atoms with van der Waals surface area (Å²) >= 11 is 5.70. The van der Waals surface area contributed by atoms with E-state index in [4.69, 9.17) is 11.6 Å². The van der Waals surface area contributed by atoms with Crippen LogP contribution in [0.3, 0.4) is 0 Å². The summed E-state index contributed by atoms with van der Waals surface area (Å²) in [7, 11) is 0. The molecule has 0 bridgehead atoms. The van der Waals surface area contributed by atoms with Crippen LogP contribution in [0.25, 0.3) is 0 Å². The van der Waals surface area contributed by atoms with Crippen LogP contribution in [0.1, 0.15) is 51.1 Å². The molecule has 3 heteroatoms. The molecule has 1 aliphatic rings. The first kappa shape index (κ1) is 13.8. The van der Waals surface area contributed by atoms with Crippen molar-refractivity contribution in [1.29, 1.82) is 0 Å². The first-order valence-corrected chi connectivity index (χ1v) is 7.16. The predicted octanol–water partition coefficient (Wildman–Crippen LogP) is 4.71. The molecule has 1 N–H and O–H groups in total. The zero-order chi connectivity index (χ0) is 13.1. The summed E-state index contributed by atoms with van der Waals surface area (Å²) in [4.78, 5) is 0. The van der Waals surface area contributed by atoms with Gasteiger partial charge < -0.3 is 5.32 Å². The minimum absolute atomic E-state index is 0.160. The van der Waals surface area contributed by atoms with E-state index >= 15 is 0 Å². The smallest absolute Gasteiger partial charge is 0.142 e. The van der Waals surface area contributed by atoms with Crippen molar-refractivity contribution >= 4 is 11.6 Å². The molecule has 0 saturated heterocycles. The third-order valence-electron chi connectivity index (χ3n) is 4.06. The summed E-state index contributed by atoms with van der Waals surface area (Å²) in [6.45, 7) is 4.31. The van der Waals surface area contributed by atoms with Gasteiger partial charge >= 0.3 is 0 Å². The lowest BCUT2D eigenvalue weighted by molar-refractivity contribution is 0.352. The van der Waals surface area contributed by atoms with Crippen LogP contribution in [-0.2, 0) is 0 Å². The van der Waals surface area contributed by atoms with Gasteiger partial charge in [-0.25, -0.2) is 4.39 Å². The number of benzene rings is 1. The van der Waals surface area contributed by atoms with E-state index in [0.29, 0.717) is 6.04 Å². The summed E-state index contributed by atoms with van der Waals surface area (Å²) in [5, 5.41) is 3.76. The molecule has 2 atom stereocenters. The van der Waals surface area contributed by atoms with Gasteiger partial charge in [-0.1, -0.05) is 30.5 Å². The van der Waals surface area contributed by atoms with Crippen LogP contribution >= 0.6 is 11.6 Å². The summed E-state index contributed by atoms with van der Waals surface area (Å²) < 4.78 is 13.4. The minimum atomic E-state index is -0.337. The van der Waals surface area contributed by atoms with E-state index in [1.807, 2.05) is 6.07 Å². The first-order valence-electron chi connectivity index (χ1n) is 6.79. The highest BCUT2D eigenvalue weighted by molar-refractivity contribution is 6.30. The van der Waals surface area contributed by atoms with Crippen molar-refractivity contribution in [3.8, 4) is 0 Å². The molecule has 1 aliphatic carbocycles. The molecule has 1 unspecified atom stereocenters. The maximum atomic E-state index is 13.4. The number of halogens is 2. The Hall–Kier alpha value is -0.600. The number of hydrogen-bond donors (Lipinski definition) is 1. The molecule has 100 valence electrons. The largest absolute Gasteiger partial charge is 0.307 e. The van der Waals surface area contributed by atoms with E-state index in [-0.39, 0.29) is 16.9 Å². The lowest BCUT2D eigenvalue weighted by Crippen LogP contribution is -2.34. The second-order valence-corrected chi connectivity index (χ2v) is 5.80. The van der Waals surface area contributed by atoms with Crippen LogP contribution in [-0.4, -0.2) is 6.04 Å². The minimum Gasteiger partial charge on any atom is -0.307 e. The van der Waals surface area contributed by atoms with Crippen molar-refractivity contribution in [3.05, 3.63) is 34.6 Å². The monoisotopic (exact) mass is 269 g/mol. The fraction of sp³-hybridized carbons (Fsp3) is 0.600. The normalized spacial score (nSPS) is 20.0. The van der Waals surface area contributed by atoms with Crippen molar-refractivity contribution in [1.82, 2.24) is 5.32 Å². The second kappa shape index (κ2) is 6.03. The molecular weight excluding hydrogens is 249 g/mol. The summed E-state index contributed by atoms with van der Waals surface area (Å²) in [5.41, 5.74) is 0.960. The molecule has 0 spiro atoms. The molecule has 0 amide bonds. The molecule has 1 aromatic rings. The first-order chi connectivity index (χ1) is 8.58. The molecule has 1 aromatic carbocycles. The predicted molar refractivity (Wildman–Crippen MR) is 74.4 cm³/mol. The van der Waals surface area contributed by atoms with Gasteiger partial charge in [-0.15, -0.1) is 0 Å². The number of rotatable bonds is 4. The topological polar surface area (TPSA) is 12.0 Å². The van der Waals surface area contributed by atoms with Gasteiger partial charge in [-0.2, -0.15) is 0 Å². The maximum absolute atomic E-state index is 13.4. The Morgan fingerprint density at radius 1 is 1.28 bits per heavy atom. The molecule has 1 nitrogen and oxygen atoms in total. The Bertz CT molecular complexity index is 401. The Labute approximate surface area is 114 Å². The highest BCUT2D eigenvalue weighted by atomic mass is 35.5.